The van der Waals surface area contributed by atoms with E-state index in [2.05, 4.69) is 0 Å². The van der Waals surface area contributed by atoms with Crippen LogP contribution in [-0.4, -0.2) is 38.7 Å². The number of nitrogens with zero attached hydrogens (tertiary/aromatic N) is 1. The van der Waals surface area contributed by atoms with Crippen LogP contribution in [0.2, 0.25) is 0 Å². The molecule has 5 nitrogen and oxygen atoms in total. The van der Waals surface area contributed by atoms with Crippen molar-refractivity contribution < 1.29 is 22.3 Å². The number of sulfonamides is 1. The van der Waals surface area contributed by atoms with Crippen LogP contribution < -0.4 is 4.74 Å². The predicted octanol–water partition coefficient (Wildman–Crippen LogP) is 3.43. The van der Waals surface area contributed by atoms with Crippen LogP contribution in [0.5, 0.6) is 5.75 Å². The van der Waals surface area contributed by atoms with Crippen molar-refractivity contribution in [1.82, 2.24) is 4.31 Å². The molecule has 1 fully saturated rings. The number of aryl methyl sites for hydroxylation is 1. The number of benzene rings is 2. The first kappa shape index (κ1) is 19.5. The Hall–Kier alpha value is -2.25. The highest BCUT2D eigenvalue weighted by Crippen LogP contribution is 2.28. The summed E-state index contributed by atoms with van der Waals surface area (Å²) >= 11 is 0. The minimum absolute atomic E-state index is 0.0626. The molecule has 0 radical (unpaired) electrons. The SMILES string of the molecule is COc1ccc(S(=O)(=O)N2CCC(C(=O)c3ccc(F)cc3)CC2)cc1C. The smallest absolute Gasteiger partial charge is 0.243 e. The van der Waals surface area contributed by atoms with Gasteiger partial charge in [0, 0.05) is 24.6 Å². The number of methoxy groups -OCH3 is 1. The first-order valence-electron chi connectivity index (χ1n) is 8.77. The van der Waals surface area contributed by atoms with Gasteiger partial charge in [-0.15, -0.1) is 0 Å². The molecule has 144 valence electrons. The van der Waals surface area contributed by atoms with Gasteiger partial charge in [-0.05, 0) is 67.8 Å². The van der Waals surface area contributed by atoms with Crippen molar-refractivity contribution in [2.75, 3.05) is 20.2 Å². The quantitative estimate of drug-likeness (QED) is 0.733. The largest absolute Gasteiger partial charge is 0.496 e. The number of ether oxygens (including phenoxy) is 1. The van der Waals surface area contributed by atoms with E-state index in [-0.39, 0.29) is 35.5 Å². The highest BCUT2D eigenvalue weighted by atomic mass is 32.2. The van der Waals surface area contributed by atoms with Gasteiger partial charge in [-0.25, -0.2) is 12.8 Å². The molecule has 1 aliphatic rings. The molecule has 0 saturated carbocycles. The standard InChI is InChI=1S/C20H22FNO4S/c1-14-13-18(7-8-19(14)26-2)27(24,25)22-11-9-16(10-12-22)20(23)15-3-5-17(21)6-4-15/h3-8,13,16H,9-12H2,1-2H3. The van der Waals surface area contributed by atoms with Crippen molar-refractivity contribution in [2.24, 2.45) is 5.92 Å². The van der Waals surface area contributed by atoms with Gasteiger partial charge < -0.3 is 4.74 Å². The summed E-state index contributed by atoms with van der Waals surface area (Å²) in [5, 5.41) is 0. The van der Waals surface area contributed by atoms with Crippen molar-refractivity contribution in [3.8, 4) is 5.75 Å². The maximum atomic E-state index is 13.0. The molecule has 1 aliphatic heterocycles. The topological polar surface area (TPSA) is 63.7 Å². The third-order valence-corrected chi connectivity index (χ3v) is 6.85. The molecule has 0 amide bonds. The van der Waals surface area contributed by atoms with Crippen LogP contribution in [-0.2, 0) is 10.0 Å². The van der Waals surface area contributed by atoms with Crippen LogP contribution in [0.3, 0.4) is 0 Å². The van der Waals surface area contributed by atoms with Gasteiger partial charge in [0.05, 0.1) is 12.0 Å². The third-order valence-electron chi connectivity index (χ3n) is 4.96. The van der Waals surface area contributed by atoms with E-state index in [0.717, 1.165) is 5.56 Å². The minimum atomic E-state index is -3.61. The number of piperidine rings is 1. The number of carbonyl (C=O) groups is 1. The normalized spacial score (nSPS) is 16.3. The summed E-state index contributed by atoms with van der Waals surface area (Å²) in [5.74, 6) is -0.0633. The van der Waals surface area contributed by atoms with E-state index >= 15 is 0 Å². The molecule has 0 atom stereocenters. The summed E-state index contributed by atoms with van der Waals surface area (Å²) in [4.78, 5) is 12.8. The minimum Gasteiger partial charge on any atom is -0.496 e. The number of hydrogen-bond acceptors (Lipinski definition) is 4. The number of halogens is 1. The fourth-order valence-corrected chi connectivity index (χ4v) is 4.92. The highest BCUT2D eigenvalue weighted by molar-refractivity contribution is 7.89. The maximum Gasteiger partial charge on any atom is 0.243 e. The first-order valence-corrected chi connectivity index (χ1v) is 10.2. The third kappa shape index (κ3) is 4.04. The Balaban J connectivity index is 1.70. The van der Waals surface area contributed by atoms with Gasteiger partial charge in [-0.1, -0.05) is 0 Å². The van der Waals surface area contributed by atoms with Crippen molar-refractivity contribution in [3.63, 3.8) is 0 Å². The summed E-state index contributed by atoms with van der Waals surface area (Å²) in [6.07, 6.45) is 0.898. The molecular weight excluding hydrogens is 369 g/mol. The molecule has 0 spiro atoms. The Morgan fingerprint density at radius 2 is 1.74 bits per heavy atom. The first-order chi connectivity index (χ1) is 12.8. The lowest BCUT2D eigenvalue weighted by atomic mass is 9.90. The summed E-state index contributed by atoms with van der Waals surface area (Å²) in [6.45, 7) is 2.36. The molecule has 2 aromatic carbocycles. The second kappa shape index (κ2) is 7.78. The second-order valence-corrected chi connectivity index (χ2v) is 8.62. The van der Waals surface area contributed by atoms with Crippen molar-refractivity contribution in [1.29, 1.82) is 0 Å². The zero-order valence-electron chi connectivity index (χ0n) is 15.3. The summed E-state index contributed by atoms with van der Waals surface area (Å²) in [5.41, 5.74) is 1.21. The number of Topliss-reactive ketones (excluding diaryl/α,β-unsaturated/α-hetero) is 1. The molecule has 0 N–H and O–H groups in total. The van der Waals surface area contributed by atoms with E-state index in [0.29, 0.717) is 24.2 Å². The van der Waals surface area contributed by atoms with Crippen LogP contribution in [0.15, 0.2) is 47.4 Å². The molecule has 27 heavy (non-hydrogen) atoms. The van der Waals surface area contributed by atoms with Crippen molar-refractivity contribution in [3.05, 3.63) is 59.4 Å². The van der Waals surface area contributed by atoms with Crippen LogP contribution in [0, 0.1) is 18.7 Å². The fraction of sp³-hybridized carbons (Fsp3) is 0.350. The number of hydrogen-bond donors (Lipinski definition) is 0. The molecule has 0 bridgehead atoms. The fourth-order valence-electron chi connectivity index (χ4n) is 3.37. The van der Waals surface area contributed by atoms with E-state index in [1.54, 1.807) is 26.2 Å². The number of rotatable bonds is 5. The monoisotopic (exact) mass is 391 g/mol. The molecule has 0 aromatic heterocycles. The van der Waals surface area contributed by atoms with Gasteiger partial charge in [0.2, 0.25) is 10.0 Å². The van der Waals surface area contributed by atoms with Gasteiger partial charge >= 0.3 is 0 Å². The van der Waals surface area contributed by atoms with Crippen molar-refractivity contribution in [2.45, 2.75) is 24.7 Å². The van der Waals surface area contributed by atoms with Gasteiger partial charge in [0.1, 0.15) is 11.6 Å². The molecule has 7 heteroatoms. The maximum absolute atomic E-state index is 13.0. The van der Waals surface area contributed by atoms with E-state index in [1.807, 2.05) is 0 Å². The molecule has 2 aromatic rings. The van der Waals surface area contributed by atoms with Crippen LogP contribution >= 0.6 is 0 Å². The van der Waals surface area contributed by atoms with Gasteiger partial charge in [-0.2, -0.15) is 4.31 Å². The average molecular weight is 391 g/mol. The molecule has 1 saturated heterocycles. The summed E-state index contributed by atoms with van der Waals surface area (Å²) in [6, 6.07) is 10.3. The zero-order chi connectivity index (χ0) is 19.6. The van der Waals surface area contributed by atoms with E-state index < -0.39 is 10.0 Å². The van der Waals surface area contributed by atoms with Crippen molar-refractivity contribution >= 4 is 15.8 Å². The molecule has 3 rings (SSSR count). The van der Waals surface area contributed by atoms with Gasteiger partial charge in [0.15, 0.2) is 5.78 Å². The zero-order valence-corrected chi connectivity index (χ0v) is 16.1. The number of ketones is 1. The van der Waals surface area contributed by atoms with Crippen LogP contribution in [0.4, 0.5) is 4.39 Å². The molecular formula is C20H22FNO4S. The summed E-state index contributed by atoms with van der Waals surface area (Å²) < 4.78 is 45.4. The molecule has 0 aliphatic carbocycles. The lowest BCUT2D eigenvalue weighted by molar-refractivity contribution is 0.0875. The Kier molecular flexibility index (Phi) is 5.62. The Labute approximate surface area is 158 Å². The molecule has 0 unspecified atom stereocenters. The predicted molar refractivity (Wildman–Crippen MR) is 99.9 cm³/mol. The van der Waals surface area contributed by atoms with Crippen LogP contribution in [0.1, 0.15) is 28.8 Å². The highest BCUT2D eigenvalue weighted by Gasteiger charge is 2.32. The summed E-state index contributed by atoms with van der Waals surface area (Å²) in [7, 11) is -2.07. The lowest BCUT2D eigenvalue weighted by Gasteiger charge is -2.30. The van der Waals surface area contributed by atoms with Gasteiger partial charge in [0.25, 0.3) is 0 Å². The average Bonchev–Trinajstić information content (AvgIpc) is 2.68. The lowest BCUT2D eigenvalue weighted by Crippen LogP contribution is -2.40. The van der Waals surface area contributed by atoms with E-state index in [4.69, 9.17) is 4.74 Å². The number of carbonyl (C=O) groups excluding carboxylic acids is 1. The van der Waals surface area contributed by atoms with E-state index in [1.165, 1.54) is 34.6 Å². The van der Waals surface area contributed by atoms with Crippen LogP contribution in [0.25, 0.3) is 0 Å². The Bertz CT molecular complexity index is 933. The Morgan fingerprint density at radius 1 is 1.11 bits per heavy atom. The van der Waals surface area contributed by atoms with Gasteiger partial charge in [-0.3, -0.25) is 4.79 Å². The van der Waals surface area contributed by atoms with E-state index in [9.17, 15) is 17.6 Å². The Morgan fingerprint density at radius 3 is 2.30 bits per heavy atom. The molecule has 1 heterocycles. The second-order valence-electron chi connectivity index (χ2n) is 6.68.